The van der Waals surface area contributed by atoms with Crippen LogP contribution in [0.15, 0.2) is 16.9 Å². The zero-order chi connectivity index (χ0) is 10.7. The Morgan fingerprint density at radius 1 is 1.57 bits per heavy atom. The van der Waals surface area contributed by atoms with E-state index in [1.165, 1.54) is 0 Å². The molecule has 0 aliphatic carbocycles. The molecular formula is C8H14N3O2P. The van der Waals surface area contributed by atoms with Crippen molar-refractivity contribution in [2.24, 2.45) is 4.99 Å². The van der Waals surface area contributed by atoms with Crippen LogP contribution in [0.3, 0.4) is 0 Å². The highest BCUT2D eigenvalue weighted by Crippen LogP contribution is 2.11. The minimum Gasteiger partial charge on any atom is -0.407 e. The van der Waals surface area contributed by atoms with Gasteiger partial charge in [0.05, 0.1) is 6.67 Å². The van der Waals surface area contributed by atoms with Crippen LogP contribution in [0.25, 0.3) is 0 Å². The average molecular weight is 215 g/mol. The van der Waals surface area contributed by atoms with Crippen LogP contribution in [0.5, 0.6) is 0 Å². The molecule has 1 aliphatic rings. The maximum absolute atomic E-state index is 11.2. The molecule has 0 bridgehead atoms. The van der Waals surface area contributed by atoms with Crippen LogP contribution >= 0.6 is 9.39 Å². The van der Waals surface area contributed by atoms with E-state index in [2.05, 4.69) is 14.4 Å². The molecule has 0 aromatic heterocycles. The number of hydrogen-bond acceptors (Lipinski definition) is 5. The van der Waals surface area contributed by atoms with Gasteiger partial charge in [-0.15, -0.1) is 0 Å². The van der Waals surface area contributed by atoms with E-state index in [1.54, 1.807) is 13.1 Å². The Bertz CT molecular complexity index is 299. The molecule has 1 aliphatic heterocycles. The first kappa shape index (κ1) is 11.1. The van der Waals surface area contributed by atoms with Crippen molar-refractivity contribution in [3.05, 3.63) is 11.9 Å². The number of nitrogens with zero attached hydrogens (tertiary/aromatic N) is 3. The number of hydrogen-bond donors (Lipinski definition) is 0. The molecule has 5 nitrogen and oxygen atoms in total. The largest absolute Gasteiger partial charge is 0.407 e. The van der Waals surface area contributed by atoms with E-state index in [0.717, 1.165) is 0 Å². The van der Waals surface area contributed by atoms with Crippen molar-refractivity contribution in [1.82, 2.24) is 9.57 Å². The summed E-state index contributed by atoms with van der Waals surface area (Å²) in [6, 6.07) is 0. The molecule has 0 radical (unpaired) electrons. The van der Waals surface area contributed by atoms with E-state index in [0.29, 0.717) is 18.3 Å². The summed E-state index contributed by atoms with van der Waals surface area (Å²) in [5, 5.41) is 0. The second-order valence-corrected chi connectivity index (χ2v) is 4.07. The van der Waals surface area contributed by atoms with Crippen molar-refractivity contribution in [3.8, 4) is 0 Å². The lowest BCUT2D eigenvalue weighted by Crippen LogP contribution is -2.23. The van der Waals surface area contributed by atoms with E-state index in [1.807, 2.05) is 23.7 Å². The molecule has 6 heteroatoms. The molecule has 0 saturated carbocycles. The van der Waals surface area contributed by atoms with E-state index in [4.69, 9.17) is 4.74 Å². The predicted octanol–water partition coefficient (Wildman–Crippen LogP) is 0.414. The lowest BCUT2D eigenvalue weighted by atomic mass is 10.5. The van der Waals surface area contributed by atoms with Gasteiger partial charge in [0.25, 0.3) is 0 Å². The molecule has 1 heterocycles. The second-order valence-electron chi connectivity index (χ2n) is 3.19. The van der Waals surface area contributed by atoms with E-state index >= 15 is 0 Å². The molecule has 0 saturated heterocycles. The van der Waals surface area contributed by atoms with Gasteiger partial charge in [-0.25, -0.2) is 9.79 Å². The van der Waals surface area contributed by atoms with Gasteiger partial charge in [-0.2, -0.15) is 0 Å². The van der Waals surface area contributed by atoms with Crippen LogP contribution in [0.1, 0.15) is 6.92 Å². The van der Waals surface area contributed by atoms with Gasteiger partial charge in [0.15, 0.2) is 11.6 Å². The number of cyclic esters (lactones) is 1. The van der Waals surface area contributed by atoms with Gasteiger partial charge in [0, 0.05) is 20.2 Å². The first-order valence-corrected chi connectivity index (χ1v) is 4.66. The van der Waals surface area contributed by atoms with E-state index in [-0.39, 0.29) is 5.97 Å². The van der Waals surface area contributed by atoms with Crippen molar-refractivity contribution in [2.75, 3.05) is 20.8 Å². The van der Waals surface area contributed by atoms with Gasteiger partial charge in [-0.3, -0.25) is 4.67 Å². The predicted molar refractivity (Wildman–Crippen MR) is 57.4 cm³/mol. The SMILES string of the molecule is CC1=NC(=CN(C)CN(C)P)C(=O)O1. The fourth-order valence-corrected chi connectivity index (χ4v) is 1.37. The fourth-order valence-electron chi connectivity index (χ4n) is 1.11. The summed E-state index contributed by atoms with van der Waals surface area (Å²) in [4.78, 5) is 17.0. The molecule has 0 N–H and O–H groups in total. The van der Waals surface area contributed by atoms with Crippen LogP contribution in [-0.4, -0.2) is 42.2 Å². The number of esters is 1. The van der Waals surface area contributed by atoms with Crippen LogP contribution in [0.2, 0.25) is 0 Å². The Kier molecular flexibility index (Phi) is 3.61. The summed E-state index contributed by atoms with van der Waals surface area (Å²) in [6.45, 7) is 2.34. The third-order valence-electron chi connectivity index (χ3n) is 1.52. The monoisotopic (exact) mass is 215 g/mol. The number of ether oxygens (including phenoxy) is 1. The summed E-state index contributed by atoms with van der Waals surface area (Å²) in [7, 11) is 6.32. The minimum atomic E-state index is -0.388. The smallest absolute Gasteiger partial charge is 0.365 e. The van der Waals surface area contributed by atoms with E-state index < -0.39 is 0 Å². The maximum atomic E-state index is 11.2. The normalized spacial score (nSPS) is 18.8. The number of carbonyl (C=O) groups excluding carboxylic acids is 1. The van der Waals surface area contributed by atoms with E-state index in [9.17, 15) is 4.79 Å². The lowest BCUT2D eigenvalue weighted by Gasteiger charge is -2.18. The highest BCUT2D eigenvalue weighted by Gasteiger charge is 2.20. The standard InChI is InChI=1S/C8H14N3O2P/c1-6-9-7(8(12)13-6)4-10(2)5-11(3)14/h4H,5,14H2,1-3H3. The molecule has 0 spiro atoms. The van der Waals surface area contributed by atoms with Crippen molar-refractivity contribution in [3.63, 3.8) is 0 Å². The van der Waals surface area contributed by atoms with Crippen molar-refractivity contribution in [1.29, 1.82) is 0 Å². The van der Waals surface area contributed by atoms with Gasteiger partial charge >= 0.3 is 5.97 Å². The van der Waals surface area contributed by atoms with Gasteiger partial charge < -0.3 is 9.64 Å². The average Bonchev–Trinajstić information content (AvgIpc) is 2.28. The fraction of sp³-hybridized carbons (Fsp3) is 0.500. The number of carbonyl (C=O) groups is 1. The highest BCUT2D eigenvalue weighted by molar-refractivity contribution is 7.13. The molecule has 0 fully saturated rings. The van der Waals surface area contributed by atoms with Gasteiger partial charge in [-0.1, -0.05) is 9.39 Å². The lowest BCUT2D eigenvalue weighted by molar-refractivity contribution is -0.130. The maximum Gasteiger partial charge on any atom is 0.365 e. The Labute approximate surface area is 85.7 Å². The van der Waals surface area contributed by atoms with Crippen LogP contribution in [-0.2, 0) is 9.53 Å². The molecule has 78 valence electrons. The molecule has 0 amide bonds. The third kappa shape index (κ3) is 3.09. The highest BCUT2D eigenvalue weighted by atomic mass is 31.0. The minimum absolute atomic E-state index is 0.344. The Hall–Kier alpha value is -0.930. The summed E-state index contributed by atoms with van der Waals surface area (Å²) in [6.07, 6.45) is 1.67. The molecule has 14 heavy (non-hydrogen) atoms. The summed E-state index contributed by atoms with van der Waals surface area (Å²) in [5.74, 6) is 0.00892. The molecule has 1 unspecified atom stereocenters. The van der Waals surface area contributed by atoms with Gasteiger partial charge in [-0.05, 0) is 7.05 Å². The first-order chi connectivity index (χ1) is 6.49. The van der Waals surface area contributed by atoms with Crippen molar-refractivity contribution < 1.29 is 9.53 Å². The van der Waals surface area contributed by atoms with Gasteiger partial charge in [0.1, 0.15) is 0 Å². The summed E-state index contributed by atoms with van der Waals surface area (Å²) < 4.78 is 6.69. The molecule has 0 aromatic rings. The summed E-state index contributed by atoms with van der Waals surface area (Å²) in [5.41, 5.74) is 0.344. The van der Waals surface area contributed by atoms with Crippen LogP contribution in [0, 0.1) is 0 Å². The molecule has 1 rings (SSSR count). The van der Waals surface area contributed by atoms with Crippen LogP contribution < -0.4 is 0 Å². The number of aliphatic imine (C=N–C) groups is 1. The van der Waals surface area contributed by atoms with Crippen molar-refractivity contribution in [2.45, 2.75) is 6.92 Å². The molecular weight excluding hydrogens is 201 g/mol. The van der Waals surface area contributed by atoms with Crippen LogP contribution in [0.4, 0.5) is 0 Å². The second kappa shape index (κ2) is 4.53. The summed E-state index contributed by atoms with van der Waals surface area (Å²) >= 11 is 0. The molecule has 1 atom stereocenters. The van der Waals surface area contributed by atoms with Gasteiger partial charge in [0.2, 0.25) is 0 Å². The Balaban J connectivity index is 2.64. The number of rotatable bonds is 3. The third-order valence-corrected chi connectivity index (χ3v) is 1.68. The zero-order valence-corrected chi connectivity index (χ0v) is 9.67. The topological polar surface area (TPSA) is 45.1 Å². The molecule has 0 aromatic carbocycles. The Morgan fingerprint density at radius 2 is 2.21 bits per heavy atom. The van der Waals surface area contributed by atoms with Crippen molar-refractivity contribution >= 4 is 21.3 Å². The first-order valence-electron chi connectivity index (χ1n) is 4.14. The zero-order valence-electron chi connectivity index (χ0n) is 8.52. The Morgan fingerprint density at radius 3 is 2.64 bits per heavy atom. The quantitative estimate of drug-likeness (QED) is 0.296.